The zero-order valence-corrected chi connectivity index (χ0v) is 12.9. The minimum atomic E-state index is 0.500. The summed E-state index contributed by atoms with van der Waals surface area (Å²) in [5.41, 5.74) is 0.500. The van der Waals surface area contributed by atoms with Gasteiger partial charge in [0.25, 0.3) is 0 Å². The normalized spacial score (nSPS) is 18.8. The predicted molar refractivity (Wildman–Crippen MR) is 81.1 cm³/mol. The largest absolute Gasteiger partial charge is 0.316 e. The van der Waals surface area contributed by atoms with Crippen LogP contribution >= 0.6 is 0 Å². The number of hydrogen-bond donors (Lipinski definition) is 1. The maximum atomic E-state index is 3.66. The SMILES string of the molecule is CCCNCC(CC)(CC)CN1CCCCCC1. The molecule has 2 heteroatoms. The molecule has 2 nitrogen and oxygen atoms in total. The second kappa shape index (κ2) is 8.92. The highest BCUT2D eigenvalue weighted by Gasteiger charge is 2.28. The first-order valence-corrected chi connectivity index (χ1v) is 8.19. The van der Waals surface area contributed by atoms with Crippen LogP contribution in [0.5, 0.6) is 0 Å². The van der Waals surface area contributed by atoms with E-state index in [4.69, 9.17) is 0 Å². The van der Waals surface area contributed by atoms with E-state index in [0.717, 1.165) is 0 Å². The van der Waals surface area contributed by atoms with Gasteiger partial charge in [-0.25, -0.2) is 0 Å². The fraction of sp³-hybridized carbons (Fsp3) is 1.00. The molecule has 1 aliphatic rings. The van der Waals surface area contributed by atoms with Gasteiger partial charge in [0.1, 0.15) is 0 Å². The lowest BCUT2D eigenvalue weighted by Gasteiger charge is -2.37. The van der Waals surface area contributed by atoms with Crippen LogP contribution in [0.15, 0.2) is 0 Å². The molecule has 0 aromatic carbocycles. The van der Waals surface area contributed by atoms with E-state index >= 15 is 0 Å². The zero-order chi connectivity index (χ0) is 13.3. The Bertz CT molecular complexity index is 191. The van der Waals surface area contributed by atoms with Crippen molar-refractivity contribution in [2.75, 3.05) is 32.7 Å². The molecule has 0 radical (unpaired) electrons. The van der Waals surface area contributed by atoms with E-state index in [1.807, 2.05) is 0 Å². The number of nitrogens with zero attached hydrogens (tertiary/aromatic N) is 1. The van der Waals surface area contributed by atoms with Crippen molar-refractivity contribution in [1.82, 2.24) is 10.2 Å². The quantitative estimate of drug-likeness (QED) is 0.665. The minimum absolute atomic E-state index is 0.500. The van der Waals surface area contributed by atoms with Gasteiger partial charge in [-0.15, -0.1) is 0 Å². The van der Waals surface area contributed by atoms with Gasteiger partial charge in [0.2, 0.25) is 0 Å². The molecule has 1 saturated heterocycles. The van der Waals surface area contributed by atoms with Crippen molar-refractivity contribution in [3.63, 3.8) is 0 Å². The molecule has 0 aromatic heterocycles. The van der Waals surface area contributed by atoms with Gasteiger partial charge in [-0.1, -0.05) is 33.6 Å². The molecule has 18 heavy (non-hydrogen) atoms. The fourth-order valence-corrected chi connectivity index (χ4v) is 3.08. The average molecular weight is 254 g/mol. The van der Waals surface area contributed by atoms with Crippen molar-refractivity contribution in [2.24, 2.45) is 5.41 Å². The summed E-state index contributed by atoms with van der Waals surface area (Å²) < 4.78 is 0. The molecule has 1 N–H and O–H groups in total. The molecule has 0 spiro atoms. The molecule has 108 valence electrons. The number of nitrogens with one attached hydrogen (secondary N) is 1. The second-order valence-electron chi connectivity index (χ2n) is 6.07. The summed E-state index contributed by atoms with van der Waals surface area (Å²) in [6.07, 6.45) is 9.55. The van der Waals surface area contributed by atoms with Crippen molar-refractivity contribution in [3.05, 3.63) is 0 Å². The number of hydrogen-bond acceptors (Lipinski definition) is 2. The highest BCUT2D eigenvalue weighted by atomic mass is 15.1. The summed E-state index contributed by atoms with van der Waals surface area (Å²) in [6, 6.07) is 0. The van der Waals surface area contributed by atoms with Crippen molar-refractivity contribution >= 4 is 0 Å². The molecule has 1 fully saturated rings. The third-order valence-corrected chi connectivity index (χ3v) is 4.68. The lowest BCUT2D eigenvalue weighted by molar-refractivity contribution is 0.137. The summed E-state index contributed by atoms with van der Waals surface area (Å²) in [5, 5.41) is 3.66. The Morgan fingerprint density at radius 1 is 0.944 bits per heavy atom. The lowest BCUT2D eigenvalue weighted by Crippen LogP contribution is -2.44. The first-order valence-electron chi connectivity index (χ1n) is 8.19. The topological polar surface area (TPSA) is 15.3 Å². The van der Waals surface area contributed by atoms with Crippen molar-refractivity contribution in [2.45, 2.75) is 65.7 Å². The molecule has 1 rings (SSSR count). The van der Waals surface area contributed by atoms with E-state index in [-0.39, 0.29) is 0 Å². The molecule has 0 aromatic rings. The Labute approximate surface area is 115 Å². The van der Waals surface area contributed by atoms with Gasteiger partial charge in [0, 0.05) is 13.1 Å². The Hall–Kier alpha value is -0.0800. The molecule has 0 bridgehead atoms. The minimum Gasteiger partial charge on any atom is -0.316 e. The van der Waals surface area contributed by atoms with Gasteiger partial charge in [0.05, 0.1) is 0 Å². The fourth-order valence-electron chi connectivity index (χ4n) is 3.08. The molecule has 1 heterocycles. The maximum absolute atomic E-state index is 3.66. The molecule has 0 amide bonds. The monoisotopic (exact) mass is 254 g/mol. The van der Waals surface area contributed by atoms with Gasteiger partial charge in [-0.2, -0.15) is 0 Å². The van der Waals surface area contributed by atoms with Gasteiger partial charge >= 0.3 is 0 Å². The van der Waals surface area contributed by atoms with E-state index in [1.54, 1.807) is 0 Å². The van der Waals surface area contributed by atoms with E-state index in [2.05, 4.69) is 31.0 Å². The molecule has 0 aliphatic carbocycles. The van der Waals surface area contributed by atoms with Gasteiger partial charge < -0.3 is 10.2 Å². The highest BCUT2D eigenvalue weighted by molar-refractivity contribution is 4.83. The standard InChI is InChI=1S/C16H34N2/c1-4-11-17-14-16(5-2,6-3)15-18-12-9-7-8-10-13-18/h17H,4-15H2,1-3H3. The zero-order valence-electron chi connectivity index (χ0n) is 12.9. The summed E-state index contributed by atoms with van der Waals surface area (Å²) in [6.45, 7) is 13.3. The summed E-state index contributed by atoms with van der Waals surface area (Å²) in [4.78, 5) is 2.73. The van der Waals surface area contributed by atoms with Crippen LogP contribution in [-0.2, 0) is 0 Å². The summed E-state index contributed by atoms with van der Waals surface area (Å²) >= 11 is 0. The average Bonchev–Trinajstić information content (AvgIpc) is 2.66. The van der Waals surface area contributed by atoms with Gasteiger partial charge in [-0.05, 0) is 57.2 Å². The molecular formula is C16H34N2. The Kier molecular flexibility index (Phi) is 7.92. The van der Waals surface area contributed by atoms with Gasteiger partial charge in [-0.3, -0.25) is 0 Å². The van der Waals surface area contributed by atoms with Crippen LogP contribution in [-0.4, -0.2) is 37.6 Å². The van der Waals surface area contributed by atoms with Gasteiger partial charge in [0.15, 0.2) is 0 Å². The summed E-state index contributed by atoms with van der Waals surface area (Å²) in [7, 11) is 0. The molecule has 1 aliphatic heterocycles. The van der Waals surface area contributed by atoms with Crippen LogP contribution < -0.4 is 5.32 Å². The number of likely N-dealkylation sites (tertiary alicyclic amines) is 1. The first kappa shape index (κ1) is 16.0. The van der Waals surface area contributed by atoms with E-state index < -0.39 is 0 Å². The van der Waals surface area contributed by atoms with Crippen LogP contribution in [0.4, 0.5) is 0 Å². The van der Waals surface area contributed by atoms with Crippen LogP contribution in [0.3, 0.4) is 0 Å². The molecule has 0 saturated carbocycles. The lowest BCUT2D eigenvalue weighted by atomic mass is 9.81. The van der Waals surface area contributed by atoms with E-state index in [0.29, 0.717) is 5.41 Å². The second-order valence-corrected chi connectivity index (χ2v) is 6.07. The van der Waals surface area contributed by atoms with Crippen molar-refractivity contribution < 1.29 is 0 Å². The van der Waals surface area contributed by atoms with Crippen LogP contribution in [0, 0.1) is 5.41 Å². The molecule has 0 unspecified atom stereocenters. The van der Waals surface area contributed by atoms with Crippen LogP contribution in [0.25, 0.3) is 0 Å². The van der Waals surface area contributed by atoms with E-state index in [9.17, 15) is 0 Å². The van der Waals surface area contributed by atoms with Crippen molar-refractivity contribution in [3.8, 4) is 0 Å². The Morgan fingerprint density at radius 2 is 1.56 bits per heavy atom. The molecule has 0 atom stereocenters. The summed E-state index contributed by atoms with van der Waals surface area (Å²) in [5.74, 6) is 0. The number of rotatable bonds is 8. The van der Waals surface area contributed by atoms with E-state index in [1.165, 1.54) is 77.7 Å². The Morgan fingerprint density at radius 3 is 2.06 bits per heavy atom. The maximum Gasteiger partial charge on any atom is 0.00499 e. The Balaban J connectivity index is 2.47. The highest BCUT2D eigenvalue weighted by Crippen LogP contribution is 2.28. The van der Waals surface area contributed by atoms with Crippen molar-refractivity contribution in [1.29, 1.82) is 0 Å². The first-order chi connectivity index (χ1) is 8.76. The predicted octanol–water partition coefficient (Wildman–Crippen LogP) is 3.67. The third kappa shape index (κ3) is 5.27. The van der Waals surface area contributed by atoms with Crippen LogP contribution in [0.2, 0.25) is 0 Å². The smallest absolute Gasteiger partial charge is 0.00499 e. The molecular weight excluding hydrogens is 220 g/mol. The van der Waals surface area contributed by atoms with Crippen LogP contribution in [0.1, 0.15) is 65.7 Å². The third-order valence-electron chi connectivity index (χ3n) is 4.68.